The van der Waals surface area contributed by atoms with Crippen LogP contribution in [0, 0.1) is 0 Å². The summed E-state index contributed by atoms with van der Waals surface area (Å²) >= 11 is 8.19. The molecular formula is C70H69ClN2. The van der Waals surface area contributed by atoms with Gasteiger partial charge in [0.2, 0.25) is 0 Å². The minimum atomic E-state index is -0.104. The Balaban J connectivity index is 1.23. The molecule has 366 valence electrons. The monoisotopic (exact) mass is 973 g/mol. The fourth-order valence-electron chi connectivity index (χ4n) is 10.5. The summed E-state index contributed by atoms with van der Waals surface area (Å²) in [6, 6.07) is 74.2. The zero-order chi connectivity index (χ0) is 51.6. The van der Waals surface area contributed by atoms with Crippen LogP contribution < -0.4 is 9.80 Å². The molecule has 0 amide bonds. The number of rotatable bonds is 8. The molecule has 0 aliphatic rings. The quantitative estimate of drug-likeness (QED) is 0.140. The van der Waals surface area contributed by atoms with E-state index in [9.17, 15) is 0 Å². The fraction of sp³-hybridized carbons (Fsp3) is 0.229. The first kappa shape index (κ1) is 49.4. The van der Waals surface area contributed by atoms with Crippen LogP contribution in [0.5, 0.6) is 0 Å². The molecule has 10 aromatic carbocycles. The molecule has 0 bridgehead atoms. The lowest BCUT2D eigenvalue weighted by molar-refractivity contribution is 0.590. The van der Waals surface area contributed by atoms with Gasteiger partial charge in [-0.25, -0.2) is 0 Å². The third-order valence-corrected chi connectivity index (χ3v) is 15.2. The molecule has 0 saturated carbocycles. The third-order valence-electron chi connectivity index (χ3n) is 14.8. The largest absolute Gasteiger partial charge is 0.308 e. The van der Waals surface area contributed by atoms with Gasteiger partial charge in [0.05, 0.1) is 27.8 Å². The zero-order valence-corrected chi connectivity index (χ0v) is 45.6. The van der Waals surface area contributed by atoms with Crippen molar-refractivity contribution in [1.82, 2.24) is 0 Å². The summed E-state index contributed by atoms with van der Waals surface area (Å²) in [7, 11) is 0. The van der Waals surface area contributed by atoms with Gasteiger partial charge in [0.1, 0.15) is 0 Å². The van der Waals surface area contributed by atoms with Crippen LogP contribution in [0.4, 0.5) is 34.1 Å². The predicted molar refractivity (Wildman–Crippen MR) is 319 cm³/mol. The lowest BCUT2D eigenvalue weighted by Gasteiger charge is -2.34. The topological polar surface area (TPSA) is 6.48 Å². The number of hydrogen-bond donors (Lipinski definition) is 0. The van der Waals surface area contributed by atoms with Crippen molar-refractivity contribution >= 4 is 78.0 Å². The second-order valence-electron chi connectivity index (χ2n) is 24.1. The molecule has 0 unspecified atom stereocenters. The molecule has 0 aromatic heterocycles. The third kappa shape index (κ3) is 9.55. The van der Waals surface area contributed by atoms with E-state index in [2.05, 4.69) is 293 Å². The molecule has 0 saturated heterocycles. The Labute approximate surface area is 439 Å². The average Bonchev–Trinajstić information content (AvgIpc) is 3.37. The molecule has 0 spiro atoms. The summed E-state index contributed by atoms with van der Waals surface area (Å²) in [6.07, 6.45) is 0. The highest BCUT2D eigenvalue weighted by Crippen LogP contribution is 2.51. The van der Waals surface area contributed by atoms with E-state index >= 15 is 0 Å². The SMILES string of the molecule is CC(C)(C)c1ccc(-c2ccccc2N(c2ccc(C(C)(C)C)cc2)c2cccc(N(c3ccc(C(C)(C)C)cc3)c3ccc(C(C)(C)C)cc3-c3ccc4c5ccccc5c5ccccc5c4c3)c2Cl)cc1. The normalized spacial score (nSPS) is 12.5. The summed E-state index contributed by atoms with van der Waals surface area (Å²) in [5.74, 6) is 0. The molecule has 0 aliphatic heterocycles. The van der Waals surface area contributed by atoms with Crippen LogP contribution >= 0.6 is 11.6 Å². The van der Waals surface area contributed by atoms with Gasteiger partial charge in [0, 0.05) is 22.5 Å². The van der Waals surface area contributed by atoms with Crippen LogP contribution in [0.3, 0.4) is 0 Å². The summed E-state index contributed by atoms with van der Waals surface area (Å²) in [4.78, 5) is 4.75. The number of anilines is 6. The molecule has 3 heteroatoms. The molecule has 0 heterocycles. The molecule has 0 radical (unpaired) electrons. The van der Waals surface area contributed by atoms with Gasteiger partial charge in [0.15, 0.2) is 0 Å². The molecule has 10 rings (SSSR count). The van der Waals surface area contributed by atoms with Gasteiger partial charge in [-0.1, -0.05) is 234 Å². The zero-order valence-electron chi connectivity index (χ0n) is 44.8. The van der Waals surface area contributed by atoms with Crippen molar-refractivity contribution in [3.63, 3.8) is 0 Å². The number of benzene rings is 10. The van der Waals surface area contributed by atoms with Gasteiger partial charge in [-0.2, -0.15) is 0 Å². The maximum absolute atomic E-state index is 8.19. The first-order chi connectivity index (χ1) is 34.7. The minimum absolute atomic E-state index is 0.0111. The molecule has 0 aliphatic carbocycles. The Morgan fingerprint density at radius 1 is 0.274 bits per heavy atom. The Morgan fingerprint density at radius 2 is 0.630 bits per heavy atom. The van der Waals surface area contributed by atoms with E-state index in [1.807, 2.05) is 0 Å². The van der Waals surface area contributed by atoms with Gasteiger partial charge in [-0.15, -0.1) is 0 Å². The smallest absolute Gasteiger partial charge is 0.0887 e. The van der Waals surface area contributed by atoms with E-state index in [1.165, 1.54) is 54.6 Å². The summed E-state index contributed by atoms with van der Waals surface area (Å²) < 4.78 is 0. The van der Waals surface area contributed by atoms with Gasteiger partial charge in [-0.05, 0) is 148 Å². The maximum Gasteiger partial charge on any atom is 0.0887 e. The molecule has 0 atom stereocenters. The van der Waals surface area contributed by atoms with Crippen LogP contribution in [0.1, 0.15) is 105 Å². The van der Waals surface area contributed by atoms with Crippen molar-refractivity contribution in [2.24, 2.45) is 0 Å². The van der Waals surface area contributed by atoms with Crippen molar-refractivity contribution in [3.8, 4) is 22.3 Å². The van der Waals surface area contributed by atoms with Crippen LogP contribution in [0.2, 0.25) is 5.02 Å². The van der Waals surface area contributed by atoms with E-state index in [0.29, 0.717) is 5.02 Å². The molecule has 10 aromatic rings. The first-order valence-electron chi connectivity index (χ1n) is 25.9. The fourth-order valence-corrected chi connectivity index (χ4v) is 10.8. The van der Waals surface area contributed by atoms with Crippen LogP contribution in [-0.4, -0.2) is 0 Å². The van der Waals surface area contributed by atoms with E-state index in [1.54, 1.807) is 0 Å². The molecule has 0 fully saturated rings. The highest BCUT2D eigenvalue weighted by molar-refractivity contribution is 6.37. The summed E-state index contributed by atoms with van der Waals surface area (Å²) in [5, 5.41) is 8.17. The van der Waals surface area contributed by atoms with Gasteiger partial charge in [-0.3, -0.25) is 0 Å². The Hall–Kier alpha value is -7.13. The number of para-hydroxylation sites is 1. The Bertz CT molecular complexity index is 3610. The van der Waals surface area contributed by atoms with Crippen molar-refractivity contribution < 1.29 is 0 Å². The first-order valence-corrected chi connectivity index (χ1v) is 26.3. The lowest BCUT2D eigenvalue weighted by Crippen LogP contribution is -2.17. The van der Waals surface area contributed by atoms with Gasteiger partial charge in [0.25, 0.3) is 0 Å². The standard InChI is InChI=1S/C70H69ClN2/c1-67(2,3)48-31-28-46(29-32-48)54-20-17-18-25-62(54)72(52-38-33-49(34-39-52)68(4,5)6)64-26-19-27-65(66(64)71)73(53-40-35-50(36-41-53)69(7,8)9)63-43-37-51(70(10,11)12)45-60(63)47-30-42-59-57-23-14-13-21-55(57)56-22-15-16-24-58(56)61(59)44-47/h13-45H,1-12H3. The highest BCUT2D eigenvalue weighted by atomic mass is 35.5. The van der Waals surface area contributed by atoms with Crippen molar-refractivity contribution in [2.45, 2.75) is 105 Å². The van der Waals surface area contributed by atoms with Crippen molar-refractivity contribution in [2.75, 3.05) is 9.80 Å². The van der Waals surface area contributed by atoms with Gasteiger partial charge < -0.3 is 9.80 Å². The highest BCUT2D eigenvalue weighted by Gasteiger charge is 2.28. The maximum atomic E-state index is 8.19. The number of hydrogen-bond acceptors (Lipinski definition) is 2. The molecular weight excluding hydrogens is 904 g/mol. The molecule has 2 nitrogen and oxygen atoms in total. The lowest BCUT2D eigenvalue weighted by atomic mass is 9.84. The van der Waals surface area contributed by atoms with Crippen LogP contribution in [0.25, 0.3) is 54.6 Å². The molecule has 73 heavy (non-hydrogen) atoms. The molecule has 0 N–H and O–H groups in total. The van der Waals surface area contributed by atoms with Crippen molar-refractivity contribution in [1.29, 1.82) is 0 Å². The van der Waals surface area contributed by atoms with E-state index < -0.39 is 0 Å². The number of fused-ring (bicyclic) bond motifs is 6. The summed E-state index contributed by atoms with van der Waals surface area (Å²) in [5.41, 5.74) is 15.4. The number of nitrogens with zero attached hydrogens (tertiary/aromatic N) is 2. The van der Waals surface area contributed by atoms with Crippen LogP contribution in [-0.2, 0) is 21.7 Å². The predicted octanol–water partition coefficient (Wildman–Crippen LogP) is 21.3. The Morgan fingerprint density at radius 3 is 1.10 bits per heavy atom. The second kappa shape index (κ2) is 18.7. The van der Waals surface area contributed by atoms with E-state index in [0.717, 1.165) is 56.4 Å². The van der Waals surface area contributed by atoms with Crippen LogP contribution in [0.15, 0.2) is 200 Å². The van der Waals surface area contributed by atoms with Crippen molar-refractivity contribution in [3.05, 3.63) is 227 Å². The average molecular weight is 974 g/mol. The van der Waals surface area contributed by atoms with E-state index in [-0.39, 0.29) is 21.7 Å². The number of halogens is 1. The second-order valence-corrected chi connectivity index (χ2v) is 24.4. The minimum Gasteiger partial charge on any atom is -0.308 e. The van der Waals surface area contributed by atoms with Gasteiger partial charge >= 0.3 is 0 Å². The summed E-state index contributed by atoms with van der Waals surface area (Å²) in [6.45, 7) is 27.3. The van der Waals surface area contributed by atoms with E-state index in [4.69, 9.17) is 11.6 Å². The Kier molecular flexibility index (Phi) is 12.7.